The van der Waals surface area contributed by atoms with Gasteiger partial charge in [-0.2, -0.15) is 47.5 Å². The number of rotatable bonds is 8. The van der Waals surface area contributed by atoms with Gasteiger partial charge in [0.25, 0.3) is 20.2 Å². The summed E-state index contributed by atoms with van der Waals surface area (Å²) >= 11 is 0. The van der Waals surface area contributed by atoms with E-state index in [1.807, 2.05) is 6.92 Å². The minimum absolute atomic E-state index is 0.0393. The summed E-state index contributed by atoms with van der Waals surface area (Å²) in [5, 5.41) is 66.3. The molecule has 0 heterocycles. The molecule has 0 aromatic carbocycles. The van der Waals surface area contributed by atoms with E-state index < -0.39 is 67.2 Å². The lowest BCUT2D eigenvalue weighted by Crippen LogP contribution is -2.54. The van der Waals surface area contributed by atoms with Crippen LogP contribution in [0.5, 0.6) is 0 Å². The van der Waals surface area contributed by atoms with Gasteiger partial charge in [0.05, 0.1) is 59.9 Å². The van der Waals surface area contributed by atoms with Crippen LogP contribution >= 0.6 is 0 Å². The SMILES string of the molecule is CC1CC(N=NC2C(O)C3CCC(N=NC4CCC(O)CC4O)CC3CC2S(=O)(=O)O)C(O)CC1N=NC1CCC(S(=O)(=O)O)CC1. The Balaban J connectivity index is 1.18. The lowest BCUT2D eigenvalue weighted by Gasteiger charge is -2.45. The second kappa shape index (κ2) is 15.1. The molecule has 47 heavy (non-hydrogen) atoms. The van der Waals surface area contributed by atoms with Crippen molar-refractivity contribution in [2.24, 2.45) is 48.4 Å². The van der Waals surface area contributed by atoms with E-state index >= 15 is 0 Å². The first-order valence-electron chi connectivity index (χ1n) is 16.9. The Kier molecular flexibility index (Phi) is 11.8. The maximum atomic E-state index is 12.5. The number of nitrogens with zero attached hydrogens (tertiary/aromatic N) is 6. The van der Waals surface area contributed by atoms with Crippen molar-refractivity contribution in [2.45, 2.75) is 162 Å². The molecule has 5 aliphatic rings. The monoisotopic (exact) mass is 706 g/mol. The topological polar surface area (TPSA) is 264 Å². The summed E-state index contributed by atoms with van der Waals surface area (Å²) in [5.74, 6) is -0.553. The van der Waals surface area contributed by atoms with Crippen molar-refractivity contribution in [3.63, 3.8) is 0 Å². The number of azo groups is 3. The minimum atomic E-state index is -4.60. The summed E-state index contributed by atoms with van der Waals surface area (Å²) in [4.78, 5) is 0. The zero-order valence-corrected chi connectivity index (χ0v) is 28.3. The Morgan fingerprint density at radius 2 is 1.17 bits per heavy atom. The van der Waals surface area contributed by atoms with E-state index in [0.717, 1.165) is 0 Å². The van der Waals surface area contributed by atoms with Gasteiger partial charge in [0.1, 0.15) is 11.3 Å². The smallest absolute Gasteiger partial charge is 0.270 e. The molecule has 0 aliphatic heterocycles. The van der Waals surface area contributed by atoms with Crippen molar-refractivity contribution in [3.8, 4) is 0 Å². The Morgan fingerprint density at radius 3 is 1.83 bits per heavy atom. The highest BCUT2D eigenvalue weighted by Gasteiger charge is 2.51. The van der Waals surface area contributed by atoms with Gasteiger partial charge >= 0.3 is 0 Å². The van der Waals surface area contributed by atoms with E-state index in [1.54, 1.807) is 0 Å². The predicted octanol–water partition coefficient (Wildman–Crippen LogP) is 2.52. The molecule has 0 aromatic heterocycles. The molecule has 0 amide bonds. The molecule has 0 aromatic rings. The highest BCUT2D eigenvalue weighted by molar-refractivity contribution is 7.86. The van der Waals surface area contributed by atoms with Gasteiger partial charge in [0, 0.05) is 6.42 Å². The predicted molar refractivity (Wildman–Crippen MR) is 168 cm³/mol. The van der Waals surface area contributed by atoms with Crippen molar-refractivity contribution in [3.05, 3.63) is 0 Å². The van der Waals surface area contributed by atoms with Gasteiger partial charge in [-0.15, -0.1) is 0 Å². The molecule has 268 valence electrons. The number of aliphatic hydroxyl groups excluding tert-OH is 4. The molecule has 5 rings (SSSR count). The normalized spacial score (nSPS) is 45.8. The first-order valence-corrected chi connectivity index (χ1v) is 20.0. The standard InChI is InChI=1S/C29H50N6O10S2/c1-15-10-24(26(38)14-23(15)33-30-17-2-6-20(7-3-17)46(40,41)42)34-35-28-27(47(43,44)45)12-16-11-18(4-8-21(16)29(28)39)31-32-22-9-5-19(36)13-25(22)37/h15-29,36-39H,2-14H2,1H3,(H,40,41,42)(H,43,44,45). The van der Waals surface area contributed by atoms with Gasteiger partial charge in [-0.3, -0.25) is 9.11 Å². The molecule has 0 saturated heterocycles. The minimum Gasteiger partial charge on any atom is -0.393 e. The summed E-state index contributed by atoms with van der Waals surface area (Å²) in [6.45, 7) is 1.95. The molecule has 5 fully saturated rings. The molecule has 18 heteroatoms. The fourth-order valence-electron chi connectivity index (χ4n) is 8.28. The lowest BCUT2D eigenvalue weighted by atomic mass is 9.66. The first-order chi connectivity index (χ1) is 22.1. The van der Waals surface area contributed by atoms with E-state index in [9.17, 15) is 46.4 Å². The van der Waals surface area contributed by atoms with Crippen molar-refractivity contribution in [1.29, 1.82) is 0 Å². The largest absolute Gasteiger partial charge is 0.393 e. The Bertz CT molecular complexity index is 1370. The molecular formula is C29H50N6O10S2. The van der Waals surface area contributed by atoms with Gasteiger partial charge in [-0.05, 0) is 94.8 Å². The van der Waals surface area contributed by atoms with Crippen LogP contribution in [0.1, 0.15) is 90.4 Å². The molecule has 0 bridgehead atoms. The van der Waals surface area contributed by atoms with Crippen LogP contribution in [0, 0.1) is 17.8 Å². The third-order valence-corrected chi connectivity index (χ3v) is 13.8. The molecule has 6 N–H and O–H groups in total. The second-order valence-corrected chi connectivity index (χ2v) is 17.9. The highest BCUT2D eigenvalue weighted by atomic mass is 32.2. The van der Waals surface area contributed by atoms with Crippen LogP contribution in [-0.4, -0.2) is 118 Å². The summed E-state index contributed by atoms with van der Waals surface area (Å²) in [6.07, 6.45) is 1.92. The molecule has 0 spiro atoms. The fraction of sp³-hybridized carbons (Fsp3) is 1.00. The average molecular weight is 707 g/mol. The Hall–Kier alpha value is -1.54. The van der Waals surface area contributed by atoms with Crippen molar-refractivity contribution >= 4 is 20.2 Å². The first kappa shape index (κ1) is 36.7. The molecule has 5 aliphatic carbocycles. The van der Waals surface area contributed by atoms with Crippen molar-refractivity contribution in [2.75, 3.05) is 0 Å². The number of hydrogen-bond acceptors (Lipinski definition) is 14. The zero-order valence-electron chi connectivity index (χ0n) is 26.7. The van der Waals surface area contributed by atoms with Crippen LogP contribution in [0.3, 0.4) is 0 Å². The third kappa shape index (κ3) is 9.18. The van der Waals surface area contributed by atoms with Crippen LogP contribution in [0.15, 0.2) is 30.7 Å². The van der Waals surface area contributed by atoms with Gasteiger partial charge in [0.2, 0.25) is 0 Å². The van der Waals surface area contributed by atoms with Crippen LogP contribution in [0.25, 0.3) is 0 Å². The fourth-order valence-corrected chi connectivity index (χ4v) is 10.2. The summed E-state index contributed by atoms with van der Waals surface area (Å²) in [7, 11) is -8.66. The van der Waals surface area contributed by atoms with E-state index in [4.69, 9.17) is 0 Å². The van der Waals surface area contributed by atoms with E-state index in [0.29, 0.717) is 64.2 Å². The molecule has 5 saturated carbocycles. The van der Waals surface area contributed by atoms with Gasteiger partial charge in [0.15, 0.2) is 0 Å². The van der Waals surface area contributed by atoms with Crippen LogP contribution in [0.4, 0.5) is 0 Å². The number of aliphatic hydroxyl groups is 4. The van der Waals surface area contributed by atoms with Crippen molar-refractivity contribution < 1.29 is 46.4 Å². The van der Waals surface area contributed by atoms with Gasteiger partial charge in [-0.25, -0.2) is 0 Å². The quantitative estimate of drug-likeness (QED) is 0.159. The van der Waals surface area contributed by atoms with Gasteiger partial charge < -0.3 is 20.4 Å². The molecule has 16 nitrogen and oxygen atoms in total. The van der Waals surface area contributed by atoms with E-state index in [1.165, 1.54) is 0 Å². The zero-order chi connectivity index (χ0) is 34.1. The molecular weight excluding hydrogens is 656 g/mol. The lowest BCUT2D eigenvalue weighted by molar-refractivity contribution is -0.0103. The Morgan fingerprint density at radius 1 is 0.553 bits per heavy atom. The maximum Gasteiger partial charge on any atom is 0.270 e. The second-order valence-electron chi connectivity index (χ2n) is 14.6. The molecule has 0 radical (unpaired) electrons. The van der Waals surface area contributed by atoms with Crippen molar-refractivity contribution in [1.82, 2.24) is 0 Å². The highest BCUT2D eigenvalue weighted by Crippen LogP contribution is 2.45. The summed E-state index contributed by atoms with van der Waals surface area (Å²) < 4.78 is 67.2. The van der Waals surface area contributed by atoms with E-state index in [-0.39, 0.29) is 61.2 Å². The molecule has 13 unspecified atom stereocenters. The van der Waals surface area contributed by atoms with Crippen LogP contribution < -0.4 is 0 Å². The van der Waals surface area contributed by atoms with E-state index in [2.05, 4.69) is 30.7 Å². The number of fused-ring (bicyclic) bond motifs is 1. The summed E-state index contributed by atoms with van der Waals surface area (Å²) in [5.41, 5.74) is 0. The third-order valence-electron chi connectivity index (χ3n) is 11.2. The van der Waals surface area contributed by atoms with Crippen LogP contribution in [0.2, 0.25) is 0 Å². The molecule has 13 atom stereocenters. The van der Waals surface area contributed by atoms with Gasteiger partial charge in [-0.1, -0.05) is 6.92 Å². The van der Waals surface area contributed by atoms with Crippen LogP contribution in [-0.2, 0) is 20.2 Å². The maximum absolute atomic E-state index is 12.5. The average Bonchev–Trinajstić information content (AvgIpc) is 3.00. The summed E-state index contributed by atoms with van der Waals surface area (Å²) in [6, 6.07) is -2.88. The number of hydrogen-bond donors (Lipinski definition) is 6. The Labute approximate surface area is 276 Å².